The Morgan fingerprint density at radius 1 is 0.911 bits per heavy atom. The van der Waals surface area contributed by atoms with Gasteiger partial charge in [-0.3, -0.25) is 32.5 Å². The topological polar surface area (TPSA) is 249 Å². The van der Waals surface area contributed by atoms with E-state index in [1.54, 1.807) is 0 Å². The maximum absolute atomic E-state index is 16.0. The maximum Gasteiger partial charge on any atom is 0.386 e. The summed E-state index contributed by atoms with van der Waals surface area (Å²) < 4.78 is 94.8. The van der Waals surface area contributed by atoms with Gasteiger partial charge in [0.15, 0.2) is 47.4 Å². The van der Waals surface area contributed by atoms with Gasteiger partial charge in [0.1, 0.15) is 36.3 Å². The Hall–Kier alpha value is -3.01. The fourth-order valence-corrected chi connectivity index (χ4v) is 8.01. The molecule has 2 unspecified atom stereocenters. The third kappa shape index (κ3) is 5.45. The van der Waals surface area contributed by atoms with Crippen LogP contribution in [0.5, 0.6) is 0 Å². The Bertz CT molecular complexity index is 1950. The average molecular weight is 690 g/mol. The standard InChI is InChI=1S/C20H23BF2N10O9P2S/c21-43(35)37-1-6-13(9(23)18(39-6)32-4-28-10-14(24)26-3-27-15(10)32)42-44(36,45)38-2-7-12(41-43)8(22)19(40-7)33-5-29-11-16(33)30-20(25)31-17(11)34/h3-9,12-13,18-19H,1-2,21H2,(H,36,45)(H2,24,26,27)(H3,25,30,31,34)/t6-,7-,8-,9-,12-,13-,18-,19-,43?,44?/m1/s1. The third-order valence-electron chi connectivity index (χ3n) is 7.36. The van der Waals surface area contributed by atoms with Gasteiger partial charge in [-0.05, 0) is 0 Å². The molecule has 240 valence electrons. The molecule has 0 radical (unpaired) electrons. The van der Waals surface area contributed by atoms with E-state index < -0.39 is 82.3 Å². The van der Waals surface area contributed by atoms with Crippen molar-refractivity contribution < 1.29 is 45.5 Å². The predicted molar refractivity (Wildman–Crippen MR) is 154 cm³/mol. The number of alkyl halides is 2. The molecule has 19 nitrogen and oxygen atoms in total. The van der Waals surface area contributed by atoms with Gasteiger partial charge in [0.05, 0.1) is 25.9 Å². The van der Waals surface area contributed by atoms with Gasteiger partial charge in [0.25, 0.3) is 20.6 Å². The van der Waals surface area contributed by atoms with Gasteiger partial charge in [-0.25, -0.2) is 33.3 Å². The molecule has 5 N–H and O–H groups in total. The zero-order valence-corrected chi connectivity index (χ0v) is 25.5. The first kappa shape index (κ1) is 30.6. The molecule has 10 atom stereocenters. The van der Waals surface area contributed by atoms with Gasteiger partial charge in [-0.1, -0.05) is 12.2 Å². The molecular formula is C20H23BF2N10O9P2S. The van der Waals surface area contributed by atoms with E-state index >= 15 is 8.78 Å². The van der Waals surface area contributed by atoms with Crippen LogP contribution in [0, 0.1) is 0 Å². The van der Waals surface area contributed by atoms with Gasteiger partial charge >= 0.3 is 6.80 Å². The number of H-pyrrole nitrogens is 1. The maximum atomic E-state index is 16.0. The molecular weight excluding hydrogens is 667 g/mol. The van der Waals surface area contributed by atoms with Crippen molar-refractivity contribution in [1.29, 1.82) is 0 Å². The smallest absolute Gasteiger partial charge is 0.382 e. The number of fused-ring (bicyclic) bond motifs is 4. The second kappa shape index (κ2) is 11.1. The van der Waals surface area contributed by atoms with E-state index in [9.17, 15) is 13.9 Å². The number of hydrogen-bond donors (Lipinski definition) is 4. The fraction of sp³-hybridized carbons (Fsp3) is 0.500. The molecule has 3 aliphatic heterocycles. The summed E-state index contributed by atoms with van der Waals surface area (Å²) in [6.45, 7) is -5.69. The van der Waals surface area contributed by atoms with Crippen LogP contribution in [-0.2, 0) is 36.7 Å². The van der Waals surface area contributed by atoms with Crippen LogP contribution in [-0.4, -0.2) is 96.6 Å². The number of rotatable bonds is 2. The van der Waals surface area contributed by atoms with Crippen molar-refractivity contribution in [3.8, 4) is 0 Å². The van der Waals surface area contributed by atoms with E-state index in [2.05, 4.69) is 42.2 Å². The van der Waals surface area contributed by atoms with Gasteiger partial charge < -0.3 is 30.0 Å². The van der Waals surface area contributed by atoms with Crippen LogP contribution in [0.2, 0.25) is 0 Å². The van der Waals surface area contributed by atoms with Gasteiger partial charge in [0.2, 0.25) is 5.95 Å². The van der Waals surface area contributed by atoms with Crippen LogP contribution < -0.4 is 17.0 Å². The number of imidazole rings is 2. The second-order valence-electron chi connectivity index (χ2n) is 10.3. The minimum atomic E-state index is -4.41. The molecule has 25 heteroatoms. The SMILES string of the molecule is BP1(=O)OC[C@H]2O[C@@H](n3cnc4c(N)ncnc43)[C@H](F)[C@@H]2OP(=O)(S)OC[C@H]2O[C@@H](n3cnc4c(=O)[nH]c(N)nc43)[C@H](F)[C@@H]2O1. The highest BCUT2D eigenvalue weighted by Crippen LogP contribution is 2.58. The minimum absolute atomic E-state index is 0.0482. The van der Waals surface area contributed by atoms with Crippen LogP contribution >= 0.6 is 26.5 Å². The Kier molecular flexibility index (Phi) is 7.53. The fourth-order valence-electron chi connectivity index (χ4n) is 5.35. The number of nitrogen functional groups attached to an aromatic ring is 2. The van der Waals surface area contributed by atoms with Crippen molar-refractivity contribution in [2.45, 2.75) is 49.2 Å². The molecule has 7 rings (SSSR count). The predicted octanol–water partition coefficient (Wildman–Crippen LogP) is 0.191. The van der Waals surface area contributed by atoms with Crippen molar-refractivity contribution in [2.24, 2.45) is 0 Å². The molecule has 4 aromatic rings. The number of nitrogens with one attached hydrogen (secondary N) is 1. The molecule has 3 fully saturated rings. The summed E-state index contributed by atoms with van der Waals surface area (Å²) in [5.41, 5.74) is 10.9. The molecule has 3 aliphatic rings. The number of thiol groups is 1. The summed E-state index contributed by atoms with van der Waals surface area (Å²) in [5.74, 6) is -0.208. The highest BCUT2D eigenvalue weighted by molar-refractivity contribution is 8.44. The Labute approximate surface area is 255 Å². The number of nitrogens with two attached hydrogens (primary N) is 2. The molecule has 0 aliphatic carbocycles. The van der Waals surface area contributed by atoms with Crippen LogP contribution in [0.4, 0.5) is 20.5 Å². The van der Waals surface area contributed by atoms with Crippen molar-refractivity contribution in [1.82, 2.24) is 39.0 Å². The van der Waals surface area contributed by atoms with Gasteiger partial charge in [-0.15, -0.1) is 0 Å². The van der Waals surface area contributed by atoms with Crippen molar-refractivity contribution in [2.75, 3.05) is 24.7 Å². The lowest BCUT2D eigenvalue weighted by Crippen LogP contribution is -2.37. The third-order valence-corrected chi connectivity index (χ3v) is 10.2. The highest BCUT2D eigenvalue weighted by Gasteiger charge is 2.54. The molecule has 0 amide bonds. The van der Waals surface area contributed by atoms with Crippen LogP contribution in [0.25, 0.3) is 22.3 Å². The van der Waals surface area contributed by atoms with E-state index in [1.807, 2.05) is 0 Å². The number of nitrogens with zero attached hydrogens (tertiary/aromatic N) is 7. The van der Waals surface area contributed by atoms with Crippen molar-refractivity contribution in [3.05, 3.63) is 29.3 Å². The lowest BCUT2D eigenvalue weighted by molar-refractivity contribution is -0.0546. The zero-order valence-electron chi connectivity index (χ0n) is 22.8. The number of ether oxygens (including phenoxy) is 2. The van der Waals surface area contributed by atoms with E-state index in [4.69, 9.17) is 39.0 Å². The molecule has 0 saturated carbocycles. The van der Waals surface area contributed by atoms with Crippen LogP contribution in [0.3, 0.4) is 0 Å². The number of anilines is 2. The van der Waals surface area contributed by atoms with E-state index in [0.717, 1.165) is 24.8 Å². The summed E-state index contributed by atoms with van der Waals surface area (Å²) >= 11 is 3.99. The quantitative estimate of drug-likeness (QED) is 0.125. The van der Waals surface area contributed by atoms with Crippen molar-refractivity contribution >= 4 is 68.2 Å². The van der Waals surface area contributed by atoms with Gasteiger partial charge in [0, 0.05) is 0 Å². The Balaban J connectivity index is 1.17. The first-order chi connectivity index (χ1) is 21.3. The largest absolute Gasteiger partial charge is 0.386 e. The summed E-state index contributed by atoms with van der Waals surface area (Å²) in [6, 6.07) is 0. The monoisotopic (exact) mass is 690 g/mol. The molecule has 0 spiro atoms. The second-order valence-corrected chi connectivity index (χ2v) is 15.2. The lowest BCUT2D eigenvalue weighted by atomic mass is 10.1. The number of hydrogen-bond acceptors (Lipinski definition) is 16. The lowest BCUT2D eigenvalue weighted by Gasteiger charge is -2.29. The van der Waals surface area contributed by atoms with E-state index in [0.29, 0.717) is 0 Å². The zero-order chi connectivity index (χ0) is 31.8. The van der Waals surface area contributed by atoms with E-state index in [1.165, 1.54) is 10.9 Å². The van der Waals surface area contributed by atoms with Crippen molar-refractivity contribution in [3.63, 3.8) is 0 Å². The summed E-state index contributed by atoms with van der Waals surface area (Å²) in [4.78, 5) is 34.5. The summed E-state index contributed by atoms with van der Waals surface area (Å²) in [7, 11) is -3.06. The highest BCUT2D eigenvalue weighted by atomic mass is 32.7. The summed E-state index contributed by atoms with van der Waals surface area (Å²) in [5, 5.41) is 0. The average Bonchev–Trinajstić information content (AvgIpc) is 3.72. The number of aromatic amines is 1. The molecule has 7 heterocycles. The first-order valence-corrected chi connectivity index (χ1v) is 17.8. The molecule has 45 heavy (non-hydrogen) atoms. The molecule has 3 saturated heterocycles. The number of halogens is 2. The van der Waals surface area contributed by atoms with E-state index in [-0.39, 0.29) is 34.1 Å². The number of aromatic nitrogens is 8. The summed E-state index contributed by atoms with van der Waals surface area (Å²) in [6.07, 6.45) is -9.53. The normalized spacial score (nSPS) is 37.7. The minimum Gasteiger partial charge on any atom is -0.382 e. The van der Waals surface area contributed by atoms with Crippen LogP contribution in [0.15, 0.2) is 23.8 Å². The van der Waals surface area contributed by atoms with Gasteiger partial charge in [-0.2, -0.15) is 4.98 Å². The first-order valence-electron chi connectivity index (χ1n) is 13.1. The van der Waals surface area contributed by atoms with Crippen LogP contribution in [0.1, 0.15) is 12.5 Å². The molecule has 4 aromatic heterocycles. The Morgan fingerprint density at radius 2 is 1.51 bits per heavy atom. The molecule has 0 bridgehead atoms. The Morgan fingerprint density at radius 3 is 2.20 bits per heavy atom. The molecule has 0 aromatic carbocycles.